The Hall–Kier alpha value is -3.30. The van der Waals surface area contributed by atoms with E-state index in [0.29, 0.717) is 29.3 Å². The standard InChI is InChI=1S/C28H29ClF3N3O3/c1-38-15-14-34(26(36)19-35(24-11-12-24)27(37)21-7-9-23(29)10-8-21)18-25-6-3-13-33(25)17-20-4-2-5-22(16-20)28(30,31)32/h2-10,13,16,24H,11-12,14-15,17-19H2,1H3. The van der Waals surface area contributed by atoms with Crippen LogP contribution in [-0.4, -0.2) is 59.0 Å². The summed E-state index contributed by atoms with van der Waals surface area (Å²) in [6.07, 6.45) is -0.972. The van der Waals surface area contributed by atoms with E-state index in [1.165, 1.54) is 6.07 Å². The lowest BCUT2D eigenvalue weighted by Crippen LogP contribution is -2.44. The maximum Gasteiger partial charge on any atom is 0.416 e. The summed E-state index contributed by atoms with van der Waals surface area (Å²) in [5, 5.41) is 0.523. The zero-order valence-electron chi connectivity index (χ0n) is 21.0. The highest BCUT2D eigenvalue weighted by Crippen LogP contribution is 2.30. The third kappa shape index (κ3) is 7.17. The molecule has 1 aromatic heterocycles. The summed E-state index contributed by atoms with van der Waals surface area (Å²) in [7, 11) is 1.54. The predicted octanol–water partition coefficient (Wildman–Crippen LogP) is 5.49. The Morgan fingerprint density at radius 2 is 1.82 bits per heavy atom. The van der Waals surface area contributed by atoms with Crippen molar-refractivity contribution >= 4 is 23.4 Å². The number of halogens is 4. The molecular weight excluding hydrogens is 519 g/mol. The molecule has 4 rings (SSSR count). The van der Waals surface area contributed by atoms with E-state index in [9.17, 15) is 22.8 Å². The molecule has 202 valence electrons. The minimum atomic E-state index is -4.42. The third-order valence-corrected chi connectivity index (χ3v) is 6.70. The van der Waals surface area contributed by atoms with E-state index in [-0.39, 0.29) is 37.5 Å². The van der Waals surface area contributed by atoms with Crippen molar-refractivity contribution in [2.75, 3.05) is 26.8 Å². The maximum atomic E-state index is 13.5. The van der Waals surface area contributed by atoms with Crippen LogP contribution in [-0.2, 0) is 28.8 Å². The van der Waals surface area contributed by atoms with Crippen LogP contribution in [0.5, 0.6) is 0 Å². The van der Waals surface area contributed by atoms with Gasteiger partial charge in [-0.3, -0.25) is 9.59 Å². The molecule has 3 aromatic rings. The van der Waals surface area contributed by atoms with E-state index in [2.05, 4.69) is 0 Å². The van der Waals surface area contributed by atoms with Gasteiger partial charge < -0.3 is 19.1 Å². The van der Waals surface area contributed by atoms with E-state index in [4.69, 9.17) is 16.3 Å². The van der Waals surface area contributed by atoms with Gasteiger partial charge in [-0.15, -0.1) is 0 Å². The zero-order valence-corrected chi connectivity index (χ0v) is 21.7. The van der Waals surface area contributed by atoms with Crippen molar-refractivity contribution in [3.05, 3.63) is 94.3 Å². The molecule has 0 N–H and O–H groups in total. The quantitative estimate of drug-likeness (QED) is 0.319. The second-order valence-corrected chi connectivity index (χ2v) is 9.74. The number of methoxy groups -OCH3 is 1. The van der Waals surface area contributed by atoms with Crippen LogP contribution in [0, 0.1) is 0 Å². The van der Waals surface area contributed by atoms with Crippen LogP contribution in [0.1, 0.15) is 40.0 Å². The smallest absolute Gasteiger partial charge is 0.383 e. The van der Waals surface area contributed by atoms with Crippen molar-refractivity contribution in [1.82, 2.24) is 14.4 Å². The van der Waals surface area contributed by atoms with Gasteiger partial charge in [-0.1, -0.05) is 23.7 Å². The molecule has 1 fully saturated rings. The number of amides is 2. The SMILES string of the molecule is COCCN(Cc1cccn1Cc1cccc(C(F)(F)F)c1)C(=O)CN(C(=O)c1ccc(Cl)cc1)C1CC1. The molecule has 1 aliphatic rings. The first-order valence-electron chi connectivity index (χ1n) is 12.3. The lowest BCUT2D eigenvalue weighted by Gasteiger charge is -2.28. The topological polar surface area (TPSA) is 54.8 Å². The number of nitrogens with zero attached hydrogens (tertiary/aromatic N) is 3. The van der Waals surface area contributed by atoms with Crippen LogP contribution in [0.2, 0.25) is 5.02 Å². The number of alkyl halides is 3. The summed E-state index contributed by atoms with van der Waals surface area (Å²) in [4.78, 5) is 29.9. The zero-order chi connectivity index (χ0) is 27.3. The van der Waals surface area contributed by atoms with E-state index in [0.717, 1.165) is 30.7 Å². The Bertz CT molecular complexity index is 1260. The van der Waals surface area contributed by atoms with Crippen LogP contribution in [0.25, 0.3) is 0 Å². The van der Waals surface area contributed by atoms with Crippen LogP contribution in [0.4, 0.5) is 13.2 Å². The first-order chi connectivity index (χ1) is 18.2. The van der Waals surface area contributed by atoms with Crippen LogP contribution in [0.3, 0.4) is 0 Å². The van der Waals surface area contributed by atoms with Crippen LogP contribution < -0.4 is 0 Å². The van der Waals surface area contributed by atoms with Crippen LogP contribution in [0.15, 0.2) is 66.9 Å². The predicted molar refractivity (Wildman–Crippen MR) is 138 cm³/mol. The van der Waals surface area contributed by atoms with Gasteiger partial charge in [0, 0.05) is 48.7 Å². The normalized spacial score (nSPS) is 13.4. The van der Waals surface area contributed by atoms with Gasteiger partial charge in [0.1, 0.15) is 6.54 Å². The molecular formula is C28H29ClF3N3O3. The maximum absolute atomic E-state index is 13.5. The molecule has 0 bridgehead atoms. The Morgan fingerprint density at radius 1 is 1.08 bits per heavy atom. The van der Waals surface area contributed by atoms with Gasteiger partial charge >= 0.3 is 6.18 Å². The van der Waals surface area contributed by atoms with Gasteiger partial charge in [-0.05, 0) is 66.9 Å². The van der Waals surface area contributed by atoms with Crippen molar-refractivity contribution < 1.29 is 27.5 Å². The van der Waals surface area contributed by atoms with Gasteiger partial charge in [0.05, 0.1) is 18.7 Å². The average Bonchev–Trinajstić information content (AvgIpc) is 3.64. The minimum absolute atomic E-state index is 0.0103. The fourth-order valence-electron chi connectivity index (χ4n) is 4.24. The van der Waals surface area contributed by atoms with Gasteiger partial charge in [-0.2, -0.15) is 13.2 Å². The van der Waals surface area contributed by atoms with Crippen molar-refractivity contribution in [3.8, 4) is 0 Å². The highest BCUT2D eigenvalue weighted by atomic mass is 35.5. The number of ether oxygens (including phenoxy) is 1. The largest absolute Gasteiger partial charge is 0.416 e. The first-order valence-corrected chi connectivity index (χ1v) is 12.7. The van der Waals surface area contributed by atoms with E-state index < -0.39 is 11.7 Å². The van der Waals surface area contributed by atoms with Crippen molar-refractivity contribution in [1.29, 1.82) is 0 Å². The molecule has 38 heavy (non-hydrogen) atoms. The lowest BCUT2D eigenvalue weighted by atomic mass is 10.1. The Balaban J connectivity index is 1.49. The van der Waals surface area contributed by atoms with Gasteiger partial charge in [0.15, 0.2) is 0 Å². The number of carbonyl (C=O) groups is 2. The summed E-state index contributed by atoms with van der Waals surface area (Å²) in [5.41, 5.74) is 1.02. The van der Waals surface area contributed by atoms with Gasteiger partial charge in [0.25, 0.3) is 5.91 Å². The van der Waals surface area contributed by atoms with E-state index in [1.54, 1.807) is 59.5 Å². The summed E-state index contributed by atoms with van der Waals surface area (Å²) in [5.74, 6) is -0.458. The van der Waals surface area contributed by atoms with Gasteiger partial charge in [-0.25, -0.2) is 0 Å². The molecule has 0 unspecified atom stereocenters. The Morgan fingerprint density at radius 3 is 2.47 bits per heavy atom. The molecule has 0 radical (unpaired) electrons. The van der Waals surface area contributed by atoms with Gasteiger partial charge in [0.2, 0.25) is 5.91 Å². The summed E-state index contributed by atoms with van der Waals surface area (Å²) in [6.45, 7) is 0.972. The fraction of sp³-hybridized carbons (Fsp3) is 0.357. The number of hydrogen-bond acceptors (Lipinski definition) is 3. The molecule has 0 spiro atoms. The van der Waals surface area contributed by atoms with E-state index >= 15 is 0 Å². The van der Waals surface area contributed by atoms with Crippen molar-refractivity contribution in [3.63, 3.8) is 0 Å². The minimum Gasteiger partial charge on any atom is -0.383 e. The molecule has 2 aromatic carbocycles. The second kappa shape index (κ2) is 12.0. The van der Waals surface area contributed by atoms with E-state index in [1.807, 2.05) is 10.6 Å². The molecule has 1 aliphatic carbocycles. The molecule has 1 saturated carbocycles. The Labute approximate surface area is 224 Å². The highest BCUT2D eigenvalue weighted by molar-refractivity contribution is 6.30. The number of carbonyl (C=O) groups excluding carboxylic acids is 2. The molecule has 1 heterocycles. The van der Waals surface area contributed by atoms with Crippen molar-refractivity contribution in [2.45, 2.75) is 38.1 Å². The Kier molecular flexibility index (Phi) is 8.79. The highest BCUT2D eigenvalue weighted by Gasteiger charge is 2.35. The number of benzene rings is 2. The number of rotatable bonds is 11. The summed E-state index contributed by atoms with van der Waals surface area (Å²) >= 11 is 5.95. The molecule has 0 aliphatic heterocycles. The lowest BCUT2D eigenvalue weighted by molar-refractivity contribution is -0.137. The number of aromatic nitrogens is 1. The first kappa shape index (κ1) is 27.7. The van der Waals surface area contributed by atoms with Crippen molar-refractivity contribution in [2.24, 2.45) is 0 Å². The van der Waals surface area contributed by atoms with Crippen LogP contribution >= 0.6 is 11.6 Å². The molecule has 10 heteroatoms. The molecule has 2 amide bonds. The third-order valence-electron chi connectivity index (χ3n) is 6.45. The summed E-state index contributed by atoms with van der Waals surface area (Å²) in [6, 6.07) is 15.4. The fourth-order valence-corrected chi connectivity index (χ4v) is 4.36. The number of hydrogen-bond donors (Lipinski definition) is 0. The monoisotopic (exact) mass is 547 g/mol. The second-order valence-electron chi connectivity index (χ2n) is 9.30. The molecule has 0 saturated heterocycles. The average molecular weight is 548 g/mol. The summed E-state index contributed by atoms with van der Waals surface area (Å²) < 4.78 is 46.5. The molecule has 0 atom stereocenters. The molecule has 6 nitrogen and oxygen atoms in total.